The molecule has 0 unspecified atom stereocenters. The van der Waals surface area contributed by atoms with Gasteiger partial charge in [-0.2, -0.15) is 0 Å². The Morgan fingerprint density at radius 1 is 1.64 bits per heavy atom. The number of hydrogen-bond donors (Lipinski definition) is 1. The molecule has 1 aromatic rings. The number of aromatic carboxylic acids is 1. The van der Waals surface area contributed by atoms with Gasteiger partial charge >= 0.3 is 5.97 Å². The Hall–Kier alpha value is -0.790. The molecule has 0 atom stereocenters. The number of carboxylic acid groups (broad SMARTS) is 1. The Balaban J connectivity index is 3.45. The average Bonchev–Trinajstić information content (AvgIpc) is 2.08. The second kappa shape index (κ2) is 4.16. The van der Waals surface area contributed by atoms with E-state index >= 15 is 0 Å². The van der Waals surface area contributed by atoms with Crippen LogP contribution >= 0.6 is 22.6 Å². The first-order valence-corrected chi connectivity index (χ1v) is 4.69. The molecule has 0 aliphatic carbocycles. The minimum atomic E-state index is -2.86. The Morgan fingerprint density at radius 3 is 2.64 bits per heavy atom. The summed E-state index contributed by atoms with van der Waals surface area (Å²) in [6.45, 7) is 1.48. The first-order chi connectivity index (χ1) is 6.45. The third-order valence-electron chi connectivity index (χ3n) is 1.73. The zero-order valence-corrected chi connectivity index (χ0v) is 9.25. The third-order valence-corrected chi connectivity index (χ3v) is 2.81. The molecule has 1 rings (SSSR count). The van der Waals surface area contributed by atoms with Crippen molar-refractivity contribution in [3.8, 4) is 0 Å². The van der Waals surface area contributed by atoms with E-state index < -0.39 is 23.7 Å². The van der Waals surface area contributed by atoms with Gasteiger partial charge < -0.3 is 5.11 Å². The van der Waals surface area contributed by atoms with Crippen molar-refractivity contribution >= 4 is 28.6 Å². The van der Waals surface area contributed by atoms with Gasteiger partial charge in [0.15, 0.2) is 0 Å². The number of aromatic nitrogens is 1. The quantitative estimate of drug-likeness (QED) is 0.854. The summed E-state index contributed by atoms with van der Waals surface area (Å²) in [5, 5.41) is 8.74. The largest absolute Gasteiger partial charge is 0.478 e. The molecule has 0 aromatic carbocycles. The van der Waals surface area contributed by atoms with Crippen molar-refractivity contribution < 1.29 is 18.7 Å². The predicted octanol–water partition coefficient (Wildman–Crippen LogP) is 2.63. The number of rotatable bonds is 2. The van der Waals surface area contributed by atoms with E-state index in [1.807, 2.05) is 22.6 Å². The topological polar surface area (TPSA) is 50.2 Å². The molecule has 0 fully saturated rings. The lowest BCUT2D eigenvalue weighted by Gasteiger charge is -2.08. The third kappa shape index (κ3) is 1.99. The molecule has 6 heteroatoms. The highest BCUT2D eigenvalue weighted by atomic mass is 127. The number of alkyl halides is 2. The van der Waals surface area contributed by atoms with Crippen LogP contribution in [0.2, 0.25) is 0 Å². The van der Waals surface area contributed by atoms with Crippen LogP contribution in [-0.2, 0) is 0 Å². The van der Waals surface area contributed by atoms with Crippen LogP contribution in [0.4, 0.5) is 8.78 Å². The van der Waals surface area contributed by atoms with Crippen LogP contribution in [0.5, 0.6) is 0 Å². The zero-order chi connectivity index (χ0) is 10.9. The molecule has 14 heavy (non-hydrogen) atoms. The van der Waals surface area contributed by atoms with Crippen molar-refractivity contribution in [3.63, 3.8) is 0 Å². The van der Waals surface area contributed by atoms with Crippen LogP contribution in [0.3, 0.4) is 0 Å². The normalized spacial score (nSPS) is 10.6. The maximum Gasteiger partial charge on any atom is 0.338 e. The maximum atomic E-state index is 12.4. The van der Waals surface area contributed by atoms with E-state index in [0.717, 1.165) is 0 Å². The van der Waals surface area contributed by atoms with Crippen molar-refractivity contribution in [1.82, 2.24) is 4.98 Å². The van der Waals surface area contributed by atoms with Crippen LogP contribution in [0.15, 0.2) is 6.20 Å². The second-order valence-electron chi connectivity index (χ2n) is 2.60. The molecule has 0 saturated heterocycles. The molecule has 76 valence electrons. The molecule has 0 bridgehead atoms. The molecule has 0 spiro atoms. The van der Waals surface area contributed by atoms with E-state index in [0.29, 0.717) is 9.13 Å². The molecule has 1 heterocycles. The summed E-state index contributed by atoms with van der Waals surface area (Å²) in [5.41, 5.74) is -0.745. The van der Waals surface area contributed by atoms with Gasteiger partial charge in [-0.15, -0.1) is 0 Å². The highest BCUT2D eigenvalue weighted by molar-refractivity contribution is 14.1. The average molecular weight is 313 g/mol. The van der Waals surface area contributed by atoms with Crippen molar-refractivity contribution in [2.75, 3.05) is 0 Å². The Kier molecular flexibility index (Phi) is 3.35. The van der Waals surface area contributed by atoms with Gasteiger partial charge in [-0.1, -0.05) is 0 Å². The highest BCUT2D eigenvalue weighted by Crippen LogP contribution is 2.25. The van der Waals surface area contributed by atoms with Crippen LogP contribution in [0.25, 0.3) is 0 Å². The number of nitrogens with zero attached hydrogens (tertiary/aromatic N) is 1. The number of halogens is 3. The Bertz CT molecular complexity index is 382. The minimum absolute atomic E-state index is 0.323. The first-order valence-electron chi connectivity index (χ1n) is 3.61. The van der Waals surface area contributed by atoms with Gasteiger partial charge in [0.1, 0.15) is 5.69 Å². The summed E-state index contributed by atoms with van der Waals surface area (Å²) in [6, 6.07) is 0. The number of carbonyl (C=O) groups is 1. The molecule has 0 aliphatic heterocycles. The molecule has 0 saturated carbocycles. The lowest BCUT2D eigenvalue weighted by atomic mass is 10.1. The Morgan fingerprint density at radius 2 is 2.21 bits per heavy atom. The minimum Gasteiger partial charge on any atom is -0.478 e. The summed E-state index contributed by atoms with van der Waals surface area (Å²) in [5.74, 6) is -1.37. The van der Waals surface area contributed by atoms with E-state index in [2.05, 4.69) is 4.98 Å². The number of carboxylic acids is 1. The van der Waals surface area contributed by atoms with Gasteiger partial charge in [0.2, 0.25) is 0 Å². The van der Waals surface area contributed by atoms with Gasteiger partial charge in [-0.05, 0) is 35.1 Å². The summed E-state index contributed by atoms with van der Waals surface area (Å²) in [7, 11) is 0. The van der Waals surface area contributed by atoms with Gasteiger partial charge in [0.05, 0.1) is 5.56 Å². The van der Waals surface area contributed by atoms with Crippen molar-refractivity contribution in [2.45, 2.75) is 13.3 Å². The summed E-state index contributed by atoms with van der Waals surface area (Å²) in [6.07, 6.45) is -1.62. The molecule has 1 N–H and O–H groups in total. The smallest absolute Gasteiger partial charge is 0.338 e. The van der Waals surface area contributed by atoms with Crippen molar-refractivity contribution in [1.29, 1.82) is 0 Å². The lowest BCUT2D eigenvalue weighted by molar-refractivity contribution is 0.0681. The van der Waals surface area contributed by atoms with Crippen molar-refractivity contribution in [3.05, 3.63) is 26.6 Å². The maximum absolute atomic E-state index is 12.4. The van der Waals surface area contributed by atoms with Gasteiger partial charge in [-0.25, -0.2) is 13.6 Å². The van der Waals surface area contributed by atoms with E-state index in [1.165, 1.54) is 13.1 Å². The molecule has 3 nitrogen and oxygen atoms in total. The van der Waals surface area contributed by atoms with Crippen LogP contribution in [0, 0.1) is 10.5 Å². The number of pyridine rings is 1. The summed E-state index contributed by atoms with van der Waals surface area (Å²) in [4.78, 5) is 14.1. The summed E-state index contributed by atoms with van der Waals surface area (Å²) >= 11 is 1.85. The fourth-order valence-electron chi connectivity index (χ4n) is 1.03. The van der Waals surface area contributed by atoms with Crippen LogP contribution < -0.4 is 0 Å². The molecule has 1 aromatic heterocycles. The molecular weight excluding hydrogens is 307 g/mol. The highest BCUT2D eigenvalue weighted by Gasteiger charge is 2.22. The van der Waals surface area contributed by atoms with Crippen LogP contribution in [0.1, 0.15) is 28.0 Å². The monoisotopic (exact) mass is 313 g/mol. The molecular formula is C8H6F2INO2. The standard InChI is InChI=1S/C8H6F2INO2/c1-3-4(11)2-12-6(7(9)10)5(3)8(13)14/h2,7H,1H3,(H,13,14). The van der Waals surface area contributed by atoms with Gasteiger partial charge in [0.25, 0.3) is 6.43 Å². The molecule has 0 radical (unpaired) electrons. The fraction of sp³-hybridized carbons (Fsp3) is 0.250. The molecule has 0 amide bonds. The SMILES string of the molecule is Cc1c(I)cnc(C(F)F)c1C(=O)O. The molecule has 0 aliphatic rings. The predicted molar refractivity (Wildman–Crippen MR) is 53.6 cm³/mol. The van der Waals surface area contributed by atoms with E-state index in [9.17, 15) is 13.6 Å². The number of hydrogen-bond acceptors (Lipinski definition) is 2. The van der Waals surface area contributed by atoms with Gasteiger partial charge in [0, 0.05) is 9.77 Å². The lowest BCUT2D eigenvalue weighted by Crippen LogP contribution is -2.09. The van der Waals surface area contributed by atoms with Gasteiger partial charge in [-0.3, -0.25) is 4.98 Å². The first kappa shape index (κ1) is 11.3. The summed E-state index contributed by atoms with van der Waals surface area (Å²) < 4.78 is 25.3. The Labute approximate surface area is 92.3 Å². The van der Waals surface area contributed by atoms with Crippen molar-refractivity contribution in [2.24, 2.45) is 0 Å². The van der Waals surface area contributed by atoms with E-state index in [4.69, 9.17) is 5.11 Å². The van der Waals surface area contributed by atoms with E-state index in [-0.39, 0.29) is 0 Å². The van der Waals surface area contributed by atoms with Crippen LogP contribution in [-0.4, -0.2) is 16.1 Å². The fourth-order valence-corrected chi connectivity index (χ4v) is 1.44. The zero-order valence-electron chi connectivity index (χ0n) is 7.09. The van der Waals surface area contributed by atoms with E-state index in [1.54, 1.807) is 0 Å². The second-order valence-corrected chi connectivity index (χ2v) is 3.76.